The quantitative estimate of drug-likeness (QED) is 0.883. The van der Waals surface area contributed by atoms with Gasteiger partial charge in [-0.1, -0.05) is 49.6 Å². The number of nitrogens with one attached hydrogen (secondary N) is 1. The topological polar surface area (TPSA) is 58.0 Å². The predicted molar refractivity (Wildman–Crippen MR) is 87.3 cm³/mol. The van der Waals surface area contributed by atoms with Gasteiger partial charge in [0.2, 0.25) is 0 Å². The summed E-state index contributed by atoms with van der Waals surface area (Å²) in [5, 5.41) is 12.8. The standard InChI is InChI=1S/C18H23N3O/c22-13-17-19-12-11-16(20-17)21-18(14-7-3-1-4-8-14)15-9-5-2-6-10-15/h1,3-4,7-8,11-12,15,18,22H,2,5-6,9-10,13H2,(H,19,20,21). The van der Waals surface area contributed by atoms with Gasteiger partial charge in [0.05, 0.1) is 6.04 Å². The van der Waals surface area contributed by atoms with Gasteiger partial charge in [-0.15, -0.1) is 0 Å². The van der Waals surface area contributed by atoms with Crippen LogP contribution in [0.5, 0.6) is 0 Å². The second-order valence-electron chi connectivity index (χ2n) is 5.95. The van der Waals surface area contributed by atoms with Gasteiger partial charge in [-0.25, -0.2) is 9.97 Å². The molecule has 0 bridgehead atoms. The summed E-state index contributed by atoms with van der Waals surface area (Å²) < 4.78 is 0. The molecule has 1 unspecified atom stereocenters. The van der Waals surface area contributed by atoms with Crippen LogP contribution in [0, 0.1) is 5.92 Å². The molecule has 1 aliphatic carbocycles. The third-order valence-electron chi connectivity index (χ3n) is 4.43. The van der Waals surface area contributed by atoms with E-state index in [0.29, 0.717) is 11.7 Å². The summed E-state index contributed by atoms with van der Waals surface area (Å²) in [6.07, 6.45) is 8.17. The normalized spacial score (nSPS) is 17.1. The van der Waals surface area contributed by atoms with E-state index >= 15 is 0 Å². The first kappa shape index (κ1) is 15.0. The zero-order valence-electron chi connectivity index (χ0n) is 12.8. The van der Waals surface area contributed by atoms with Gasteiger partial charge in [0.1, 0.15) is 12.4 Å². The zero-order valence-corrected chi connectivity index (χ0v) is 12.8. The molecule has 1 aromatic carbocycles. The molecule has 1 aromatic heterocycles. The van der Waals surface area contributed by atoms with E-state index in [2.05, 4.69) is 45.6 Å². The maximum Gasteiger partial charge on any atom is 0.156 e. The fourth-order valence-corrected chi connectivity index (χ4v) is 3.32. The molecule has 1 aliphatic rings. The van der Waals surface area contributed by atoms with E-state index in [1.807, 2.05) is 6.07 Å². The van der Waals surface area contributed by atoms with Crippen LogP contribution in [0.2, 0.25) is 0 Å². The van der Waals surface area contributed by atoms with E-state index in [1.54, 1.807) is 6.20 Å². The Kier molecular flexibility index (Phi) is 5.01. The molecule has 1 atom stereocenters. The predicted octanol–water partition coefficient (Wildman–Crippen LogP) is 3.70. The van der Waals surface area contributed by atoms with Crippen molar-refractivity contribution in [1.82, 2.24) is 9.97 Å². The van der Waals surface area contributed by atoms with E-state index in [9.17, 15) is 5.11 Å². The molecule has 22 heavy (non-hydrogen) atoms. The van der Waals surface area contributed by atoms with Crippen molar-refractivity contribution in [1.29, 1.82) is 0 Å². The van der Waals surface area contributed by atoms with Crippen molar-refractivity contribution >= 4 is 5.82 Å². The Hall–Kier alpha value is -1.94. The summed E-state index contributed by atoms with van der Waals surface area (Å²) in [6, 6.07) is 12.7. The van der Waals surface area contributed by atoms with Crippen molar-refractivity contribution in [3.8, 4) is 0 Å². The van der Waals surface area contributed by atoms with Crippen LogP contribution >= 0.6 is 0 Å². The Balaban J connectivity index is 1.84. The number of aliphatic hydroxyl groups excluding tert-OH is 1. The summed E-state index contributed by atoms with van der Waals surface area (Å²) in [7, 11) is 0. The second-order valence-corrected chi connectivity index (χ2v) is 5.95. The van der Waals surface area contributed by atoms with Crippen molar-refractivity contribution in [2.24, 2.45) is 5.92 Å². The summed E-state index contributed by atoms with van der Waals surface area (Å²) in [5.74, 6) is 1.88. The summed E-state index contributed by atoms with van der Waals surface area (Å²) in [6.45, 7) is -0.130. The Morgan fingerprint density at radius 2 is 1.86 bits per heavy atom. The molecule has 116 valence electrons. The first-order valence-corrected chi connectivity index (χ1v) is 8.11. The van der Waals surface area contributed by atoms with Crippen molar-refractivity contribution in [3.63, 3.8) is 0 Å². The van der Waals surface area contributed by atoms with Gasteiger partial charge in [-0.3, -0.25) is 0 Å². The number of anilines is 1. The monoisotopic (exact) mass is 297 g/mol. The number of hydrogen-bond donors (Lipinski definition) is 2. The fourth-order valence-electron chi connectivity index (χ4n) is 3.32. The lowest BCUT2D eigenvalue weighted by molar-refractivity contribution is 0.271. The number of rotatable bonds is 5. The molecule has 0 saturated heterocycles. The SMILES string of the molecule is OCc1nccc(NC(c2ccccc2)C2CCCCC2)n1. The van der Waals surface area contributed by atoms with Gasteiger partial charge in [-0.05, 0) is 30.4 Å². The van der Waals surface area contributed by atoms with Crippen molar-refractivity contribution < 1.29 is 5.11 Å². The molecule has 1 fully saturated rings. The van der Waals surface area contributed by atoms with Crippen LogP contribution in [0.3, 0.4) is 0 Å². The lowest BCUT2D eigenvalue weighted by Crippen LogP contribution is -2.23. The Morgan fingerprint density at radius 1 is 1.09 bits per heavy atom. The van der Waals surface area contributed by atoms with Crippen LogP contribution < -0.4 is 5.32 Å². The molecule has 0 amide bonds. The van der Waals surface area contributed by atoms with Gasteiger partial charge in [-0.2, -0.15) is 0 Å². The van der Waals surface area contributed by atoms with Crippen LogP contribution in [0.15, 0.2) is 42.6 Å². The van der Waals surface area contributed by atoms with E-state index in [0.717, 1.165) is 5.82 Å². The molecule has 0 spiro atoms. The number of hydrogen-bond acceptors (Lipinski definition) is 4. The molecule has 3 rings (SSSR count). The van der Waals surface area contributed by atoms with Crippen molar-refractivity contribution in [2.75, 3.05) is 5.32 Å². The summed E-state index contributed by atoms with van der Waals surface area (Å²) in [5.41, 5.74) is 1.30. The van der Waals surface area contributed by atoms with Crippen LogP contribution in [0.25, 0.3) is 0 Å². The number of aliphatic hydroxyl groups is 1. The number of benzene rings is 1. The second kappa shape index (κ2) is 7.36. The van der Waals surface area contributed by atoms with E-state index in [-0.39, 0.29) is 12.6 Å². The highest BCUT2D eigenvalue weighted by Crippen LogP contribution is 2.36. The molecule has 2 aromatic rings. The summed E-state index contributed by atoms with van der Waals surface area (Å²) in [4.78, 5) is 8.43. The van der Waals surface area contributed by atoms with Gasteiger partial charge >= 0.3 is 0 Å². The van der Waals surface area contributed by atoms with Gasteiger partial charge < -0.3 is 10.4 Å². The van der Waals surface area contributed by atoms with Gasteiger partial charge in [0.15, 0.2) is 5.82 Å². The van der Waals surface area contributed by atoms with Crippen LogP contribution in [-0.2, 0) is 6.61 Å². The fraction of sp³-hybridized carbons (Fsp3) is 0.444. The Morgan fingerprint density at radius 3 is 2.59 bits per heavy atom. The minimum atomic E-state index is -0.130. The maximum absolute atomic E-state index is 9.21. The van der Waals surface area contributed by atoms with Gasteiger partial charge in [0, 0.05) is 6.20 Å². The van der Waals surface area contributed by atoms with Crippen molar-refractivity contribution in [2.45, 2.75) is 44.8 Å². The molecule has 0 aliphatic heterocycles. The van der Waals surface area contributed by atoms with E-state index in [1.165, 1.54) is 37.7 Å². The molecule has 1 heterocycles. The van der Waals surface area contributed by atoms with Crippen LogP contribution in [-0.4, -0.2) is 15.1 Å². The first-order chi connectivity index (χ1) is 10.9. The average molecular weight is 297 g/mol. The molecule has 0 radical (unpaired) electrons. The molecular formula is C18H23N3O. The Bertz CT molecular complexity index is 582. The lowest BCUT2D eigenvalue weighted by atomic mass is 9.81. The molecule has 4 heteroatoms. The Labute approximate surface area is 131 Å². The molecule has 4 nitrogen and oxygen atoms in total. The highest BCUT2D eigenvalue weighted by Gasteiger charge is 2.25. The maximum atomic E-state index is 9.21. The highest BCUT2D eigenvalue weighted by molar-refractivity contribution is 5.38. The number of nitrogens with zero attached hydrogens (tertiary/aromatic N) is 2. The first-order valence-electron chi connectivity index (χ1n) is 8.11. The summed E-state index contributed by atoms with van der Waals surface area (Å²) >= 11 is 0. The molecule has 2 N–H and O–H groups in total. The lowest BCUT2D eigenvalue weighted by Gasteiger charge is -2.31. The van der Waals surface area contributed by atoms with E-state index < -0.39 is 0 Å². The molecule has 1 saturated carbocycles. The molecular weight excluding hydrogens is 274 g/mol. The van der Waals surface area contributed by atoms with E-state index in [4.69, 9.17) is 0 Å². The van der Waals surface area contributed by atoms with Gasteiger partial charge in [0.25, 0.3) is 0 Å². The largest absolute Gasteiger partial charge is 0.388 e. The number of aromatic nitrogens is 2. The van der Waals surface area contributed by atoms with Crippen LogP contribution in [0.1, 0.15) is 49.5 Å². The third kappa shape index (κ3) is 3.63. The zero-order chi connectivity index (χ0) is 15.2. The third-order valence-corrected chi connectivity index (χ3v) is 4.43. The highest BCUT2D eigenvalue weighted by atomic mass is 16.3. The minimum absolute atomic E-state index is 0.130. The average Bonchev–Trinajstić information content (AvgIpc) is 2.61. The smallest absolute Gasteiger partial charge is 0.156 e. The van der Waals surface area contributed by atoms with Crippen LogP contribution in [0.4, 0.5) is 5.82 Å². The minimum Gasteiger partial charge on any atom is -0.388 e. The van der Waals surface area contributed by atoms with Crippen molar-refractivity contribution in [3.05, 3.63) is 54.0 Å².